The summed E-state index contributed by atoms with van der Waals surface area (Å²) in [7, 11) is 1.71. The molecule has 8 heteroatoms. The van der Waals surface area contributed by atoms with Crippen LogP contribution < -0.4 is 10.5 Å². The number of amides is 1. The molecule has 3 aromatic rings. The predicted molar refractivity (Wildman–Crippen MR) is 120 cm³/mol. The molecule has 2 N–H and O–H groups in total. The molecule has 2 aromatic carbocycles. The molecule has 2 heterocycles. The largest absolute Gasteiger partial charge is 0.496 e. The number of methoxy groups -OCH3 is 1. The molecule has 0 aliphatic carbocycles. The first kappa shape index (κ1) is 22.0. The Balaban J connectivity index is 0.00000132. The summed E-state index contributed by atoms with van der Waals surface area (Å²) in [6, 6.07) is 16.5. The van der Waals surface area contributed by atoms with Crippen LogP contribution in [-0.2, 0) is 11.3 Å². The minimum atomic E-state index is -0.133. The first-order valence-electron chi connectivity index (χ1n) is 9.97. The molecule has 0 saturated carbocycles. The van der Waals surface area contributed by atoms with Crippen molar-refractivity contribution in [2.75, 3.05) is 39.0 Å². The van der Waals surface area contributed by atoms with Crippen molar-refractivity contribution in [3.8, 4) is 16.9 Å². The Morgan fingerprint density at radius 3 is 2.39 bits per heavy atom. The van der Waals surface area contributed by atoms with Crippen molar-refractivity contribution >= 4 is 18.5 Å². The van der Waals surface area contributed by atoms with Gasteiger partial charge < -0.3 is 20.2 Å². The van der Waals surface area contributed by atoms with Crippen molar-refractivity contribution in [1.29, 1.82) is 0 Å². The van der Waals surface area contributed by atoms with Crippen molar-refractivity contribution in [3.63, 3.8) is 0 Å². The number of nitrogens with two attached hydrogens (primary N) is 1. The lowest BCUT2D eigenvalue weighted by Crippen LogP contribution is -2.49. The van der Waals surface area contributed by atoms with Crippen molar-refractivity contribution in [2.24, 2.45) is 0 Å². The molecule has 1 saturated heterocycles. The van der Waals surface area contributed by atoms with E-state index < -0.39 is 0 Å². The highest BCUT2D eigenvalue weighted by molar-refractivity contribution is 5.76. The second-order valence-corrected chi connectivity index (χ2v) is 7.16. The molecule has 162 valence electrons. The van der Waals surface area contributed by atoms with Gasteiger partial charge in [-0.2, -0.15) is 9.78 Å². The Hall–Kier alpha value is -3.65. The average Bonchev–Trinajstić information content (AvgIpc) is 3.27. The minimum absolute atomic E-state index is 0.133. The van der Waals surface area contributed by atoms with Crippen LogP contribution in [-0.4, -0.2) is 65.7 Å². The van der Waals surface area contributed by atoms with E-state index in [9.17, 15) is 4.79 Å². The van der Waals surface area contributed by atoms with Crippen molar-refractivity contribution in [2.45, 2.75) is 6.54 Å². The van der Waals surface area contributed by atoms with Gasteiger partial charge in [-0.1, -0.05) is 42.5 Å². The second-order valence-electron chi connectivity index (χ2n) is 7.16. The highest BCUT2D eigenvalue weighted by Gasteiger charge is 2.23. The molecular weight excluding hydrogens is 394 g/mol. The van der Waals surface area contributed by atoms with Gasteiger partial charge in [0.05, 0.1) is 25.2 Å². The summed E-state index contributed by atoms with van der Waals surface area (Å²) >= 11 is 0. The van der Waals surface area contributed by atoms with E-state index in [0.29, 0.717) is 18.8 Å². The number of nitrogens with zero attached hydrogens (tertiary/aromatic N) is 4. The highest BCUT2D eigenvalue weighted by atomic mass is 16.5. The first-order valence-corrected chi connectivity index (χ1v) is 9.97. The molecule has 1 amide bonds. The van der Waals surface area contributed by atoms with E-state index in [1.165, 1.54) is 16.4 Å². The maximum atomic E-state index is 12.5. The van der Waals surface area contributed by atoms with Gasteiger partial charge in [0.15, 0.2) is 0 Å². The summed E-state index contributed by atoms with van der Waals surface area (Å²) in [5.41, 5.74) is 9.60. The summed E-state index contributed by atoms with van der Waals surface area (Å²) in [5.74, 6) is 0.886. The van der Waals surface area contributed by atoms with Gasteiger partial charge in [0, 0.05) is 38.3 Å². The topological polar surface area (TPSA) is 93.7 Å². The van der Waals surface area contributed by atoms with Gasteiger partial charge >= 0.3 is 6.03 Å². The van der Waals surface area contributed by atoms with Crippen LogP contribution in [0.4, 0.5) is 10.5 Å². The molecule has 4 rings (SSSR count). The number of benzene rings is 2. The molecule has 0 radical (unpaired) electrons. The fourth-order valence-corrected chi connectivity index (χ4v) is 3.61. The number of nitrogen functional groups attached to an aromatic ring is 1. The van der Waals surface area contributed by atoms with Gasteiger partial charge in [-0.3, -0.25) is 4.90 Å². The number of aromatic nitrogens is 2. The lowest BCUT2D eigenvalue weighted by Gasteiger charge is -2.34. The molecule has 0 unspecified atom stereocenters. The fraction of sp³-hybridized carbons (Fsp3) is 0.261. The molecule has 1 aromatic heterocycles. The number of piperazine rings is 1. The van der Waals surface area contributed by atoms with E-state index in [1.54, 1.807) is 18.2 Å². The number of hydrogen-bond acceptors (Lipinski definition) is 6. The smallest absolute Gasteiger partial charge is 0.344 e. The minimum Gasteiger partial charge on any atom is -0.496 e. The summed E-state index contributed by atoms with van der Waals surface area (Å²) in [4.78, 5) is 24.6. The second kappa shape index (κ2) is 10.4. The third-order valence-corrected chi connectivity index (χ3v) is 5.23. The van der Waals surface area contributed by atoms with Crippen LogP contribution in [0.25, 0.3) is 11.1 Å². The zero-order valence-electron chi connectivity index (χ0n) is 17.6. The Morgan fingerprint density at radius 1 is 1.06 bits per heavy atom. The maximum absolute atomic E-state index is 12.5. The Morgan fingerprint density at radius 2 is 1.77 bits per heavy atom. The number of carbonyl (C=O) groups excluding carboxylic acids is 2. The van der Waals surface area contributed by atoms with E-state index in [4.69, 9.17) is 15.3 Å². The fourth-order valence-electron chi connectivity index (χ4n) is 3.61. The van der Waals surface area contributed by atoms with Gasteiger partial charge in [0.2, 0.25) is 0 Å². The lowest BCUT2D eigenvalue weighted by atomic mass is 10.0. The quantitative estimate of drug-likeness (QED) is 0.696. The molecule has 8 nitrogen and oxygen atoms in total. The molecule has 1 aliphatic heterocycles. The van der Waals surface area contributed by atoms with Gasteiger partial charge in [0.1, 0.15) is 12.5 Å². The number of ether oxygens (including phenoxy) is 1. The summed E-state index contributed by atoms with van der Waals surface area (Å²) < 4.78 is 6.96. The van der Waals surface area contributed by atoms with Crippen molar-refractivity contribution < 1.29 is 14.3 Å². The summed E-state index contributed by atoms with van der Waals surface area (Å²) in [6.07, 6.45) is 3.04. The number of hydrogen-bond donors (Lipinski definition) is 1. The van der Waals surface area contributed by atoms with Gasteiger partial charge in [-0.25, -0.2) is 4.79 Å². The Labute approximate surface area is 181 Å². The third kappa shape index (κ3) is 5.29. The highest BCUT2D eigenvalue weighted by Crippen LogP contribution is 2.28. The van der Waals surface area contributed by atoms with E-state index in [0.717, 1.165) is 36.5 Å². The molecule has 1 aliphatic rings. The van der Waals surface area contributed by atoms with Crippen LogP contribution in [0, 0.1) is 0 Å². The van der Waals surface area contributed by atoms with Crippen molar-refractivity contribution in [1.82, 2.24) is 19.6 Å². The lowest BCUT2D eigenvalue weighted by molar-refractivity contribution is -0.0980. The van der Waals surface area contributed by atoms with Gasteiger partial charge in [-0.05, 0) is 17.2 Å². The molecule has 0 bridgehead atoms. The molecule has 1 fully saturated rings. The van der Waals surface area contributed by atoms with Crippen LogP contribution in [0.5, 0.6) is 5.75 Å². The number of rotatable bonds is 4. The molecule has 0 spiro atoms. The van der Waals surface area contributed by atoms with Gasteiger partial charge in [0.25, 0.3) is 0 Å². The zero-order chi connectivity index (χ0) is 22.2. The molecule has 31 heavy (non-hydrogen) atoms. The van der Waals surface area contributed by atoms with Crippen LogP contribution in [0.1, 0.15) is 5.56 Å². The first-order chi connectivity index (χ1) is 15.1. The van der Waals surface area contributed by atoms with E-state index >= 15 is 0 Å². The van der Waals surface area contributed by atoms with Crippen molar-refractivity contribution in [3.05, 3.63) is 66.5 Å². The van der Waals surface area contributed by atoms with Crippen LogP contribution in [0.3, 0.4) is 0 Å². The monoisotopic (exact) mass is 421 g/mol. The van der Waals surface area contributed by atoms with Crippen LogP contribution in [0.15, 0.2) is 60.9 Å². The Bertz CT molecular complexity index is 997. The number of carbonyl (C=O) groups is 2. The molecule has 0 atom stereocenters. The SMILES string of the molecule is C=O.COc1cc(-c2ccccc2)ccc1CN1CCN(C(=O)n2cc(N)cn2)CC1. The van der Waals surface area contributed by atoms with E-state index in [-0.39, 0.29) is 6.03 Å². The molecular formula is C23H27N5O3. The zero-order valence-corrected chi connectivity index (χ0v) is 17.6. The Kier molecular flexibility index (Phi) is 7.40. The normalized spacial score (nSPS) is 13.9. The predicted octanol–water partition coefficient (Wildman–Crippen LogP) is 2.74. The average molecular weight is 422 g/mol. The number of anilines is 1. The van der Waals surface area contributed by atoms with Gasteiger partial charge in [-0.15, -0.1) is 0 Å². The van der Waals surface area contributed by atoms with E-state index in [1.807, 2.05) is 25.0 Å². The maximum Gasteiger partial charge on any atom is 0.344 e. The van der Waals surface area contributed by atoms with Crippen LogP contribution >= 0.6 is 0 Å². The van der Waals surface area contributed by atoms with E-state index in [2.05, 4.69) is 40.3 Å². The standard InChI is InChI=1S/C22H25N5O2.CH2O/c1-29-21-13-18(17-5-3-2-4-6-17)7-8-19(21)15-25-9-11-26(12-10-25)22(28)27-16-20(23)14-24-27;1-2/h2-8,13-14,16H,9-12,15,23H2,1H3;1H2. The summed E-state index contributed by atoms with van der Waals surface area (Å²) in [6.45, 7) is 5.69. The van der Waals surface area contributed by atoms with Crippen LogP contribution in [0.2, 0.25) is 0 Å². The third-order valence-electron chi connectivity index (χ3n) is 5.23. The summed E-state index contributed by atoms with van der Waals surface area (Å²) in [5, 5.41) is 4.00.